The van der Waals surface area contributed by atoms with E-state index in [1.165, 1.54) is 56.7 Å². The van der Waals surface area contributed by atoms with Gasteiger partial charge in [-0.25, -0.2) is 22.8 Å². The van der Waals surface area contributed by atoms with Gasteiger partial charge in [-0.2, -0.15) is 0 Å². The second kappa shape index (κ2) is 11.5. The predicted octanol–water partition coefficient (Wildman–Crippen LogP) is 5.58. The SMILES string of the molecule is COc1cc(Nc2nc3ccccc3nc2NS(=O)(=O)c2cccc(NC(=O)c3ccccc3F)c2)cc(OC)c1. The molecular formula is C29H24FN5O5S. The van der Waals surface area contributed by atoms with Crippen molar-refractivity contribution < 1.29 is 27.1 Å². The van der Waals surface area contributed by atoms with E-state index < -0.39 is 21.7 Å². The van der Waals surface area contributed by atoms with Crippen molar-refractivity contribution in [2.75, 3.05) is 29.6 Å². The van der Waals surface area contributed by atoms with Crippen LogP contribution in [0.2, 0.25) is 0 Å². The molecule has 0 bridgehead atoms. The Morgan fingerprint density at radius 3 is 2.05 bits per heavy atom. The third-order valence-electron chi connectivity index (χ3n) is 5.94. The first-order chi connectivity index (χ1) is 19.8. The van der Waals surface area contributed by atoms with Crippen molar-refractivity contribution in [3.63, 3.8) is 0 Å². The Morgan fingerprint density at radius 1 is 0.756 bits per heavy atom. The number of ether oxygens (including phenoxy) is 2. The molecule has 3 N–H and O–H groups in total. The van der Waals surface area contributed by atoms with E-state index in [1.807, 2.05) is 0 Å². The van der Waals surface area contributed by atoms with Crippen LogP contribution in [0.15, 0.2) is 95.9 Å². The summed E-state index contributed by atoms with van der Waals surface area (Å²) in [7, 11) is -1.19. The molecule has 5 rings (SSSR count). The summed E-state index contributed by atoms with van der Waals surface area (Å²) in [6.45, 7) is 0. The monoisotopic (exact) mass is 573 g/mol. The van der Waals surface area contributed by atoms with Gasteiger partial charge in [0, 0.05) is 29.6 Å². The zero-order valence-corrected chi connectivity index (χ0v) is 22.7. The number of rotatable bonds is 9. The first kappa shape index (κ1) is 27.3. The van der Waals surface area contributed by atoms with Crippen LogP contribution in [-0.2, 0) is 10.0 Å². The van der Waals surface area contributed by atoms with Gasteiger partial charge in [0.15, 0.2) is 11.6 Å². The van der Waals surface area contributed by atoms with E-state index in [4.69, 9.17) is 9.47 Å². The number of nitrogens with zero attached hydrogens (tertiary/aromatic N) is 2. The van der Waals surface area contributed by atoms with Crippen molar-refractivity contribution in [2.45, 2.75) is 4.90 Å². The number of carbonyl (C=O) groups is 1. The maximum atomic E-state index is 14.0. The van der Waals surface area contributed by atoms with Crippen LogP contribution in [0.3, 0.4) is 0 Å². The second-order valence-corrected chi connectivity index (χ2v) is 10.4. The standard InChI is InChI=1S/C29H24FN5O5S/c1-39-20-14-19(15-21(17-20)40-2)31-27-28(34-26-13-6-5-12-25(26)33-27)35-41(37,38)22-9-7-8-18(16-22)32-29(36)23-10-3-4-11-24(23)30/h3-17H,1-2H3,(H,31,33)(H,32,36)(H,34,35). The van der Waals surface area contributed by atoms with Gasteiger partial charge in [0.05, 0.1) is 35.7 Å². The molecule has 0 aliphatic carbocycles. The van der Waals surface area contributed by atoms with E-state index >= 15 is 0 Å². The van der Waals surface area contributed by atoms with Gasteiger partial charge in [-0.1, -0.05) is 30.3 Å². The van der Waals surface area contributed by atoms with E-state index in [-0.39, 0.29) is 27.8 Å². The Labute approximate surface area is 235 Å². The van der Waals surface area contributed by atoms with Crippen LogP contribution in [-0.4, -0.2) is 38.5 Å². The number of para-hydroxylation sites is 2. The van der Waals surface area contributed by atoms with Crippen LogP contribution in [0.25, 0.3) is 11.0 Å². The highest BCUT2D eigenvalue weighted by Gasteiger charge is 2.21. The molecule has 5 aromatic rings. The molecule has 1 amide bonds. The van der Waals surface area contributed by atoms with Gasteiger partial charge < -0.3 is 20.1 Å². The second-order valence-electron chi connectivity index (χ2n) is 8.70. The number of nitrogens with one attached hydrogen (secondary N) is 3. The highest BCUT2D eigenvalue weighted by Crippen LogP contribution is 2.31. The zero-order valence-electron chi connectivity index (χ0n) is 21.9. The first-order valence-electron chi connectivity index (χ1n) is 12.2. The molecule has 0 fully saturated rings. The maximum absolute atomic E-state index is 14.0. The van der Waals surface area contributed by atoms with Crippen LogP contribution in [0.1, 0.15) is 10.4 Å². The predicted molar refractivity (Wildman–Crippen MR) is 154 cm³/mol. The molecule has 0 spiro atoms. The fourth-order valence-electron chi connectivity index (χ4n) is 3.95. The molecule has 41 heavy (non-hydrogen) atoms. The van der Waals surface area contributed by atoms with E-state index in [0.717, 1.165) is 6.07 Å². The van der Waals surface area contributed by atoms with Crippen LogP contribution in [0.4, 0.5) is 27.4 Å². The van der Waals surface area contributed by atoms with E-state index in [1.54, 1.807) is 42.5 Å². The zero-order chi connectivity index (χ0) is 29.0. The van der Waals surface area contributed by atoms with Gasteiger partial charge in [0.25, 0.3) is 15.9 Å². The average Bonchev–Trinajstić information content (AvgIpc) is 2.97. The lowest BCUT2D eigenvalue weighted by Gasteiger charge is -2.15. The number of halogens is 1. The third-order valence-corrected chi connectivity index (χ3v) is 7.27. The van der Waals surface area contributed by atoms with E-state index in [9.17, 15) is 17.6 Å². The smallest absolute Gasteiger partial charge is 0.263 e. The van der Waals surface area contributed by atoms with Crippen molar-refractivity contribution >= 4 is 50.0 Å². The molecule has 0 atom stereocenters. The molecule has 1 aromatic heterocycles. The van der Waals surface area contributed by atoms with Gasteiger partial charge >= 0.3 is 0 Å². The summed E-state index contributed by atoms with van der Waals surface area (Å²) in [5, 5.41) is 5.63. The van der Waals surface area contributed by atoms with Crippen molar-refractivity contribution in [1.29, 1.82) is 0 Å². The molecule has 0 saturated carbocycles. The lowest BCUT2D eigenvalue weighted by atomic mass is 10.2. The summed E-state index contributed by atoms with van der Waals surface area (Å²) in [5.41, 5.74) is 1.50. The van der Waals surface area contributed by atoms with E-state index in [2.05, 4.69) is 25.3 Å². The van der Waals surface area contributed by atoms with Crippen molar-refractivity contribution in [3.05, 3.63) is 102 Å². The van der Waals surface area contributed by atoms with Crippen LogP contribution in [0.5, 0.6) is 11.5 Å². The minimum absolute atomic E-state index is 0.0636. The Hall–Kier alpha value is -5.23. The molecule has 4 aromatic carbocycles. The number of amides is 1. The normalized spacial score (nSPS) is 11.1. The highest BCUT2D eigenvalue weighted by molar-refractivity contribution is 7.92. The van der Waals surface area contributed by atoms with Gasteiger partial charge in [0.1, 0.15) is 17.3 Å². The largest absolute Gasteiger partial charge is 0.497 e. The maximum Gasteiger partial charge on any atom is 0.263 e. The minimum Gasteiger partial charge on any atom is -0.497 e. The number of sulfonamides is 1. The Balaban J connectivity index is 1.48. The highest BCUT2D eigenvalue weighted by atomic mass is 32.2. The Kier molecular flexibility index (Phi) is 7.66. The summed E-state index contributed by atoms with van der Waals surface area (Å²) in [4.78, 5) is 21.5. The number of methoxy groups -OCH3 is 2. The summed E-state index contributed by atoms with van der Waals surface area (Å²) in [5.74, 6) is -0.322. The molecule has 0 aliphatic rings. The number of hydrogen-bond acceptors (Lipinski definition) is 8. The van der Waals surface area contributed by atoms with Gasteiger partial charge in [-0.3, -0.25) is 9.52 Å². The van der Waals surface area contributed by atoms with Crippen molar-refractivity contribution in [2.24, 2.45) is 0 Å². The molecule has 208 valence electrons. The minimum atomic E-state index is -4.22. The number of carbonyl (C=O) groups excluding carboxylic acids is 1. The molecule has 12 heteroatoms. The summed E-state index contributed by atoms with van der Waals surface area (Å²) < 4.78 is 54.2. The molecular weight excluding hydrogens is 549 g/mol. The first-order valence-corrected chi connectivity index (χ1v) is 13.7. The Morgan fingerprint density at radius 2 is 1.39 bits per heavy atom. The molecule has 1 heterocycles. The number of fused-ring (bicyclic) bond motifs is 1. The van der Waals surface area contributed by atoms with Gasteiger partial charge in [-0.05, 0) is 42.5 Å². The van der Waals surface area contributed by atoms with E-state index in [0.29, 0.717) is 28.2 Å². The lowest BCUT2D eigenvalue weighted by Crippen LogP contribution is -2.17. The van der Waals surface area contributed by atoms with Crippen LogP contribution >= 0.6 is 0 Å². The number of anilines is 4. The quantitative estimate of drug-likeness (QED) is 0.208. The number of aromatic nitrogens is 2. The van der Waals surface area contributed by atoms with Gasteiger partial charge in [0.2, 0.25) is 0 Å². The third kappa shape index (κ3) is 6.17. The van der Waals surface area contributed by atoms with Crippen molar-refractivity contribution in [3.8, 4) is 11.5 Å². The fourth-order valence-corrected chi connectivity index (χ4v) is 5.00. The van der Waals surface area contributed by atoms with Gasteiger partial charge in [-0.15, -0.1) is 0 Å². The lowest BCUT2D eigenvalue weighted by molar-refractivity contribution is 0.102. The molecule has 0 saturated heterocycles. The average molecular weight is 574 g/mol. The summed E-state index contributed by atoms with van der Waals surface area (Å²) >= 11 is 0. The summed E-state index contributed by atoms with van der Waals surface area (Å²) in [6, 6.07) is 23.2. The Bertz CT molecular complexity index is 1840. The van der Waals surface area contributed by atoms with Crippen LogP contribution in [0, 0.1) is 5.82 Å². The molecule has 0 aliphatic heterocycles. The molecule has 0 radical (unpaired) electrons. The fraction of sp³-hybridized carbons (Fsp3) is 0.0690. The number of hydrogen-bond donors (Lipinski definition) is 3. The van der Waals surface area contributed by atoms with Crippen molar-refractivity contribution in [1.82, 2.24) is 9.97 Å². The molecule has 0 unspecified atom stereocenters. The van der Waals surface area contributed by atoms with Crippen LogP contribution < -0.4 is 24.8 Å². The number of benzene rings is 4. The topological polar surface area (TPSA) is 132 Å². The summed E-state index contributed by atoms with van der Waals surface area (Å²) in [6.07, 6.45) is 0. The molecule has 10 nitrogen and oxygen atoms in total.